The molecule has 0 aliphatic carbocycles. The first-order valence-electron chi connectivity index (χ1n) is 11.6. The number of amides is 1. The molecule has 0 bridgehead atoms. The van der Waals surface area contributed by atoms with Gasteiger partial charge in [-0.25, -0.2) is 9.78 Å². The molecule has 0 fully saturated rings. The zero-order valence-electron chi connectivity index (χ0n) is 19.8. The molecule has 0 spiro atoms. The number of fused-ring (bicyclic) bond motifs is 3. The number of ether oxygens (including phenoxy) is 1. The number of carbonyl (C=O) groups excluding carboxylic acids is 1. The van der Waals surface area contributed by atoms with Crippen LogP contribution in [0.3, 0.4) is 0 Å². The Labute approximate surface area is 185 Å². The highest BCUT2D eigenvalue weighted by Gasteiger charge is 2.30. The van der Waals surface area contributed by atoms with Crippen molar-refractivity contribution in [2.45, 2.75) is 66.0 Å². The number of hydrogen-bond acceptors (Lipinski definition) is 4. The van der Waals surface area contributed by atoms with Gasteiger partial charge in [-0.05, 0) is 51.8 Å². The van der Waals surface area contributed by atoms with Gasteiger partial charge in [-0.2, -0.15) is 0 Å². The first-order chi connectivity index (χ1) is 14.7. The highest BCUT2D eigenvalue weighted by atomic mass is 16.6. The Hall–Kier alpha value is -2.34. The van der Waals surface area contributed by atoms with Gasteiger partial charge >= 0.3 is 6.09 Å². The van der Waals surface area contributed by atoms with Gasteiger partial charge in [-0.15, -0.1) is 0 Å². The second kappa shape index (κ2) is 8.30. The monoisotopic (exact) mass is 424 g/mol. The maximum Gasteiger partial charge on any atom is 0.414 e. The standard InChI is InChI=1S/C25H36N4O2/c1-7-27-12-13-28-22-11-9-19(14-20(22)26-23(28)18(3)16-27)21-10-8-17(2)15-29(21)24(30)31-25(4,5)6/h9-11,14,17-18H,7-8,12-13,15-16H2,1-6H3/t17-,18?/m0/s1. The van der Waals surface area contributed by atoms with Crippen molar-refractivity contribution in [2.75, 3.05) is 26.2 Å². The predicted octanol–water partition coefficient (Wildman–Crippen LogP) is 5.09. The molecule has 6 heteroatoms. The van der Waals surface area contributed by atoms with Gasteiger partial charge in [0.15, 0.2) is 0 Å². The second-order valence-corrected chi connectivity index (χ2v) is 10.1. The van der Waals surface area contributed by atoms with E-state index in [1.165, 1.54) is 11.3 Å². The summed E-state index contributed by atoms with van der Waals surface area (Å²) in [6.45, 7) is 17.2. The number of likely N-dealkylation sites (N-methyl/N-ethyl adjacent to an activating group) is 1. The van der Waals surface area contributed by atoms with Crippen LogP contribution in [0.4, 0.5) is 4.79 Å². The lowest BCUT2D eigenvalue weighted by atomic mass is 9.98. The molecule has 2 aliphatic rings. The largest absolute Gasteiger partial charge is 0.443 e. The Morgan fingerprint density at radius 3 is 2.68 bits per heavy atom. The van der Waals surface area contributed by atoms with Crippen LogP contribution in [0, 0.1) is 5.92 Å². The Morgan fingerprint density at radius 1 is 1.19 bits per heavy atom. The molecule has 31 heavy (non-hydrogen) atoms. The summed E-state index contributed by atoms with van der Waals surface area (Å²) in [5.74, 6) is 1.97. The first-order valence-corrected chi connectivity index (χ1v) is 11.6. The van der Waals surface area contributed by atoms with E-state index in [1.807, 2.05) is 20.8 Å². The van der Waals surface area contributed by atoms with Crippen LogP contribution in [-0.4, -0.2) is 57.2 Å². The van der Waals surface area contributed by atoms with E-state index in [-0.39, 0.29) is 6.09 Å². The van der Waals surface area contributed by atoms with Gasteiger partial charge in [0.05, 0.1) is 16.7 Å². The van der Waals surface area contributed by atoms with Crippen molar-refractivity contribution in [1.29, 1.82) is 0 Å². The summed E-state index contributed by atoms with van der Waals surface area (Å²) in [7, 11) is 0. The zero-order chi connectivity index (χ0) is 22.3. The van der Waals surface area contributed by atoms with Crippen molar-refractivity contribution >= 4 is 22.8 Å². The third-order valence-electron chi connectivity index (χ3n) is 6.25. The minimum absolute atomic E-state index is 0.278. The molecule has 1 aromatic carbocycles. The molecule has 6 nitrogen and oxygen atoms in total. The normalized spacial score (nSPS) is 22.8. The van der Waals surface area contributed by atoms with Gasteiger partial charge in [0.25, 0.3) is 0 Å². The average molecular weight is 425 g/mol. The molecule has 3 heterocycles. The number of imidazole rings is 1. The van der Waals surface area contributed by atoms with Crippen LogP contribution in [0.25, 0.3) is 16.7 Å². The smallest absolute Gasteiger partial charge is 0.414 e. The van der Waals surface area contributed by atoms with Crippen molar-refractivity contribution in [3.63, 3.8) is 0 Å². The van der Waals surface area contributed by atoms with Crippen LogP contribution >= 0.6 is 0 Å². The van der Waals surface area contributed by atoms with Gasteiger partial charge in [0.1, 0.15) is 11.4 Å². The Kier molecular flexibility index (Phi) is 5.86. The molecule has 2 aromatic rings. The maximum atomic E-state index is 12.9. The van der Waals surface area contributed by atoms with E-state index in [4.69, 9.17) is 9.72 Å². The molecular formula is C25H36N4O2. The molecule has 1 amide bonds. The Balaban J connectivity index is 1.69. The second-order valence-electron chi connectivity index (χ2n) is 10.1. The van der Waals surface area contributed by atoms with E-state index < -0.39 is 5.60 Å². The summed E-state index contributed by atoms with van der Waals surface area (Å²) >= 11 is 0. The summed E-state index contributed by atoms with van der Waals surface area (Å²) < 4.78 is 8.08. The van der Waals surface area contributed by atoms with Gasteiger partial charge in [-0.3, -0.25) is 4.90 Å². The zero-order valence-corrected chi connectivity index (χ0v) is 19.8. The number of allylic oxidation sites excluding steroid dienone is 1. The fourth-order valence-corrected chi connectivity index (χ4v) is 4.68. The highest BCUT2D eigenvalue weighted by Crippen LogP contribution is 2.32. The molecular weight excluding hydrogens is 388 g/mol. The number of carbonyl (C=O) groups is 1. The molecule has 2 aliphatic heterocycles. The Morgan fingerprint density at radius 2 is 1.97 bits per heavy atom. The maximum absolute atomic E-state index is 12.9. The van der Waals surface area contributed by atoms with Gasteiger partial charge in [-0.1, -0.05) is 32.9 Å². The van der Waals surface area contributed by atoms with Crippen molar-refractivity contribution in [3.05, 3.63) is 35.7 Å². The lowest BCUT2D eigenvalue weighted by Crippen LogP contribution is -2.39. The molecule has 0 N–H and O–H groups in total. The average Bonchev–Trinajstić information content (AvgIpc) is 2.99. The molecule has 0 saturated heterocycles. The van der Waals surface area contributed by atoms with Crippen molar-refractivity contribution in [1.82, 2.24) is 19.4 Å². The van der Waals surface area contributed by atoms with Crippen LogP contribution in [0.2, 0.25) is 0 Å². The molecule has 1 aromatic heterocycles. The van der Waals surface area contributed by atoms with Crippen molar-refractivity contribution in [2.24, 2.45) is 5.92 Å². The van der Waals surface area contributed by atoms with Gasteiger partial charge in [0.2, 0.25) is 0 Å². The molecule has 4 rings (SSSR count). The van der Waals surface area contributed by atoms with E-state index in [2.05, 4.69) is 54.5 Å². The third kappa shape index (κ3) is 4.49. The van der Waals surface area contributed by atoms with Crippen LogP contribution < -0.4 is 0 Å². The predicted molar refractivity (Wildman–Crippen MR) is 125 cm³/mol. The lowest BCUT2D eigenvalue weighted by molar-refractivity contribution is 0.0327. The SMILES string of the molecule is CCN1CCn2c(nc3cc(C4=CC[C@H](C)CN4C(=O)OC(C)(C)C)ccc32)C(C)C1. The number of aromatic nitrogens is 2. The number of rotatable bonds is 2. The number of benzene rings is 1. The summed E-state index contributed by atoms with van der Waals surface area (Å²) in [6, 6.07) is 6.44. The lowest BCUT2D eigenvalue weighted by Gasteiger charge is -2.33. The molecule has 168 valence electrons. The highest BCUT2D eigenvalue weighted by molar-refractivity contribution is 5.87. The van der Waals surface area contributed by atoms with Crippen molar-refractivity contribution < 1.29 is 9.53 Å². The van der Waals surface area contributed by atoms with Crippen LogP contribution in [0.1, 0.15) is 65.3 Å². The van der Waals surface area contributed by atoms with Crippen LogP contribution in [0.15, 0.2) is 24.3 Å². The molecule has 0 saturated carbocycles. The third-order valence-corrected chi connectivity index (χ3v) is 6.25. The van der Waals surface area contributed by atoms with E-state index in [0.717, 1.165) is 49.4 Å². The number of nitrogens with zero attached hydrogens (tertiary/aromatic N) is 4. The first kappa shape index (κ1) is 21.9. The fraction of sp³-hybridized carbons (Fsp3) is 0.600. The van der Waals surface area contributed by atoms with Crippen LogP contribution in [0.5, 0.6) is 0 Å². The minimum Gasteiger partial charge on any atom is -0.443 e. The van der Waals surface area contributed by atoms with Crippen LogP contribution in [-0.2, 0) is 11.3 Å². The molecule has 1 unspecified atom stereocenters. The topological polar surface area (TPSA) is 50.6 Å². The van der Waals surface area contributed by atoms with Crippen molar-refractivity contribution in [3.8, 4) is 0 Å². The van der Waals surface area contributed by atoms with E-state index >= 15 is 0 Å². The molecule has 0 radical (unpaired) electrons. The van der Waals surface area contributed by atoms with E-state index in [0.29, 0.717) is 18.4 Å². The summed E-state index contributed by atoms with van der Waals surface area (Å²) in [4.78, 5) is 22.3. The quantitative estimate of drug-likeness (QED) is 0.674. The summed E-state index contributed by atoms with van der Waals surface area (Å²) in [6.07, 6.45) is 2.84. The minimum atomic E-state index is -0.517. The van der Waals surface area contributed by atoms with E-state index in [1.54, 1.807) is 4.90 Å². The Bertz CT molecular complexity index is 1000. The van der Waals surface area contributed by atoms with Gasteiger partial charge in [0, 0.05) is 37.7 Å². The van der Waals surface area contributed by atoms with Gasteiger partial charge < -0.3 is 14.2 Å². The molecule has 2 atom stereocenters. The number of hydrogen-bond donors (Lipinski definition) is 0. The van der Waals surface area contributed by atoms with E-state index in [9.17, 15) is 4.79 Å². The fourth-order valence-electron chi connectivity index (χ4n) is 4.68. The summed E-state index contributed by atoms with van der Waals surface area (Å²) in [5.41, 5.74) is 3.63. The summed E-state index contributed by atoms with van der Waals surface area (Å²) in [5, 5.41) is 0.